The Bertz CT molecular complexity index is 1420. The van der Waals surface area contributed by atoms with Crippen molar-refractivity contribution in [3.8, 4) is 22.8 Å². The Morgan fingerprint density at radius 2 is 1.67 bits per heavy atom. The van der Waals surface area contributed by atoms with Crippen molar-refractivity contribution in [3.05, 3.63) is 65.9 Å². The summed E-state index contributed by atoms with van der Waals surface area (Å²) in [6.07, 6.45) is 0.629. The van der Waals surface area contributed by atoms with E-state index in [1.807, 2.05) is 75.4 Å². The van der Waals surface area contributed by atoms with E-state index in [9.17, 15) is 9.59 Å². The van der Waals surface area contributed by atoms with E-state index in [-0.39, 0.29) is 12.4 Å². The molecule has 9 nitrogen and oxygen atoms in total. The van der Waals surface area contributed by atoms with Crippen LogP contribution in [0.1, 0.15) is 43.2 Å². The molecule has 10 heteroatoms. The molecule has 2 fully saturated rings. The summed E-state index contributed by atoms with van der Waals surface area (Å²) in [7, 11) is -1.30. The third-order valence-electron chi connectivity index (χ3n) is 7.71. The predicted octanol–water partition coefficient (Wildman–Crippen LogP) is 6.69. The molecule has 0 radical (unpaired) electrons. The van der Waals surface area contributed by atoms with Gasteiger partial charge in [0.15, 0.2) is 5.69 Å². The lowest BCUT2D eigenvalue weighted by molar-refractivity contribution is 0.0427. The van der Waals surface area contributed by atoms with Gasteiger partial charge in [0.05, 0.1) is 5.69 Å². The number of nitrogens with zero attached hydrogens (tertiary/aromatic N) is 3. The summed E-state index contributed by atoms with van der Waals surface area (Å²) >= 11 is 0. The lowest BCUT2D eigenvalue weighted by Crippen LogP contribution is -2.37. The van der Waals surface area contributed by atoms with Crippen molar-refractivity contribution in [1.29, 1.82) is 0 Å². The van der Waals surface area contributed by atoms with Gasteiger partial charge < -0.3 is 19.2 Å². The smallest absolute Gasteiger partial charge is 0.434 e. The third kappa shape index (κ3) is 7.04. The molecule has 224 valence electrons. The summed E-state index contributed by atoms with van der Waals surface area (Å²) in [4.78, 5) is 33.1. The second-order valence-electron chi connectivity index (χ2n) is 13.5. The number of hydroxylamine groups is 1. The van der Waals surface area contributed by atoms with E-state index in [0.717, 1.165) is 17.3 Å². The Morgan fingerprint density at radius 1 is 1.00 bits per heavy atom. The third-order valence-corrected chi connectivity index (χ3v) is 9.41. The molecule has 1 saturated carbocycles. The fraction of sp³-hybridized carbons (Fsp3) is 0.469. The zero-order valence-corrected chi connectivity index (χ0v) is 26.5. The Kier molecular flexibility index (Phi) is 8.48. The fourth-order valence-corrected chi connectivity index (χ4v) is 6.10. The summed E-state index contributed by atoms with van der Waals surface area (Å²) in [5, 5.41) is 4.76. The van der Waals surface area contributed by atoms with Gasteiger partial charge in [-0.25, -0.2) is 9.48 Å². The van der Waals surface area contributed by atoms with Gasteiger partial charge in [-0.1, -0.05) is 70.7 Å². The summed E-state index contributed by atoms with van der Waals surface area (Å²) in [5.74, 6) is 1.88. The molecule has 1 N–H and O–H groups in total. The van der Waals surface area contributed by atoms with Crippen molar-refractivity contribution in [2.24, 2.45) is 11.8 Å². The number of hydrogen-bond acceptors (Lipinski definition) is 6. The first-order chi connectivity index (χ1) is 19.9. The topological polar surface area (TPSA) is 94.9 Å². The molecule has 2 heterocycles. The predicted molar refractivity (Wildman–Crippen MR) is 164 cm³/mol. The van der Waals surface area contributed by atoms with Crippen molar-refractivity contribution >= 4 is 20.1 Å². The van der Waals surface area contributed by atoms with Crippen molar-refractivity contribution in [2.45, 2.75) is 65.0 Å². The van der Waals surface area contributed by atoms with Gasteiger partial charge in [-0.05, 0) is 54.0 Å². The molecule has 1 aliphatic carbocycles. The quantitative estimate of drug-likeness (QED) is 0.170. The number of benzene rings is 2. The molecule has 42 heavy (non-hydrogen) atoms. The molecule has 2 aliphatic rings. The van der Waals surface area contributed by atoms with Gasteiger partial charge in [-0.2, -0.15) is 10.6 Å². The summed E-state index contributed by atoms with van der Waals surface area (Å²) in [5.41, 5.74) is 4.26. The van der Waals surface area contributed by atoms with Gasteiger partial charge in [0.25, 0.3) is 0 Å². The van der Waals surface area contributed by atoms with E-state index in [1.165, 1.54) is 6.42 Å². The molecule has 5 rings (SSSR count). The van der Waals surface area contributed by atoms with E-state index < -0.39 is 25.5 Å². The van der Waals surface area contributed by atoms with Crippen LogP contribution in [-0.2, 0) is 21.7 Å². The van der Waals surface area contributed by atoms with Gasteiger partial charge in [0.2, 0.25) is 0 Å². The molecule has 2 unspecified atom stereocenters. The van der Waals surface area contributed by atoms with Crippen molar-refractivity contribution in [3.63, 3.8) is 0 Å². The van der Waals surface area contributed by atoms with E-state index in [1.54, 1.807) is 9.58 Å². The largest absolute Gasteiger partial charge is 0.457 e. The molecular formula is C32H42N4O5Si. The van der Waals surface area contributed by atoms with Gasteiger partial charge >= 0.3 is 12.0 Å². The highest BCUT2D eigenvalue weighted by atomic mass is 28.3. The summed E-state index contributed by atoms with van der Waals surface area (Å²) in [6.45, 7) is 15.1. The molecule has 1 aromatic heterocycles. The molecular weight excluding hydrogens is 548 g/mol. The molecule has 2 amide bonds. The van der Waals surface area contributed by atoms with Gasteiger partial charge in [0, 0.05) is 38.9 Å². The number of para-hydroxylation sites is 2. The van der Waals surface area contributed by atoms with Crippen LogP contribution in [0.25, 0.3) is 11.3 Å². The number of ether oxygens (including phenoxy) is 2. The number of likely N-dealkylation sites (tertiary alicyclic amines) is 1. The number of rotatable bonds is 9. The van der Waals surface area contributed by atoms with E-state index in [0.29, 0.717) is 48.6 Å². The first-order valence-electron chi connectivity index (χ1n) is 14.7. The van der Waals surface area contributed by atoms with Crippen LogP contribution < -0.4 is 10.2 Å². The van der Waals surface area contributed by atoms with E-state index >= 15 is 0 Å². The van der Waals surface area contributed by atoms with Crippen LogP contribution in [0.5, 0.6) is 11.5 Å². The first-order valence-corrected chi connectivity index (χ1v) is 18.4. The van der Waals surface area contributed by atoms with Crippen molar-refractivity contribution in [1.82, 2.24) is 20.2 Å². The van der Waals surface area contributed by atoms with Gasteiger partial charge in [-0.15, -0.1) is 0 Å². The summed E-state index contributed by atoms with van der Waals surface area (Å²) < 4.78 is 14.2. The Balaban J connectivity index is 1.48. The Hall–Kier alpha value is -3.63. The average Bonchev–Trinajstić information content (AvgIpc) is 3.35. The van der Waals surface area contributed by atoms with Crippen LogP contribution in [0.15, 0.2) is 54.6 Å². The second-order valence-corrected chi connectivity index (χ2v) is 19.2. The monoisotopic (exact) mass is 590 g/mol. The number of amides is 2. The van der Waals surface area contributed by atoms with E-state index in [4.69, 9.17) is 19.4 Å². The standard InChI is InChI=1S/C32H42N4O5Si/c1-32(2,3)27-28(30(37)34-41-31(38)35-19-22-18-23(22)20-35)33-36(21-39-16-17-42(4,5)6)29(27)25-14-10-11-15-26(25)40-24-12-8-7-9-13-24/h7-15,22-23H,16-21H2,1-6H3,(H,34,37). The zero-order valence-electron chi connectivity index (χ0n) is 25.5. The maximum Gasteiger partial charge on any atom is 0.434 e. The highest BCUT2D eigenvalue weighted by Crippen LogP contribution is 2.45. The molecule has 0 bridgehead atoms. The van der Waals surface area contributed by atoms with Crippen LogP contribution in [0.4, 0.5) is 4.79 Å². The lowest BCUT2D eigenvalue weighted by Gasteiger charge is -2.23. The van der Waals surface area contributed by atoms with Crippen LogP contribution in [0.3, 0.4) is 0 Å². The number of carbonyl (C=O) groups excluding carboxylic acids is 2. The van der Waals surface area contributed by atoms with Gasteiger partial charge in [-0.3, -0.25) is 4.79 Å². The van der Waals surface area contributed by atoms with Crippen molar-refractivity contribution < 1.29 is 23.9 Å². The fourth-order valence-electron chi connectivity index (χ4n) is 5.34. The number of carbonyl (C=O) groups is 2. The molecule has 1 saturated heterocycles. The lowest BCUT2D eigenvalue weighted by atomic mass is 9.83. The molecule has 3 aromatic rings. The highest BCUT2D eigenvalue weighted by molar-refractivity contribution is 6.76. The van der Waals surface area contributed by atoms with Crippen LogP contribution >= 0.6 is 0 Å². The normalized spacial score (nSPS) is 18.0. The van der Waals surface area contributed by atoms with Crippen LogP contribution in [-0.4, -0.2) is 54.5 Å². The molecule has 2 atom stereocenters. The minimum absolute atomic E-state index is 0.159. The Morgan fingerprint density at radius 3 is 2.33 bits per heavy atom. The average molecular weight is 591 g/mol. The van der Waals surface area contributed by atoms with Crippen LogP contribution in [0.2, 0.25) is 25.7 Å². The number of fused-ring (bicyclic) bond motifs is 1. The second kappa shape index (κ2) is 11.9. The number of piperidine rings is 1. The molecule has 1 aliphatic heterocycles. The minimum atomic E-state index is -1.30. The van der Waals surface area contributed by atoms with Gasteiger partial charge in [0.1, 0.15) is 18.2 Å². The Labute approximate surface area is 249 Å². The number of nitrogens with one attached hydrogen (secondary N) is 1. The van der Waals surface area contributed by atoms with Crippen LogP contribution in [0, 0.1) is 11.8 Å². The maximum atomic E-state index is 13.6. The number of hydrogen-bond donors (Lipinski definition) is 1. The molecule has 0 spiro atoms. The number of aromatic nitrogens is 2. The maximum absolute atomic E-state index is 13.6. The molecule has 2 aromatic carbocycles. The van der Waals surface area contributed by atoms with E-state index in [2.05, 4.69) is 25.1 Å². The van der Waals surface area contributed by atoms with Crippen molar-refractivity contribution in [2.75, 3.05) is 19.7 Å². The highest BCUT2D eigenvalue weighted by Gasteiger charge is 2.47. The summed E-state index contributed by atoms with van der Waals surface area (Å²) in [6, 6.07) is 18.3. The zero-order chi connectivity index (χ0) is 30.1. The SMILES string of the molecule is CC(C)(C)c1c(C(=O)NOC(=O)N2CC3CC3C2)nn(COCC[Si](C)(C)C)c1-c1ccccc1Oc1ccccc1. The minimum Gasteiger partial charge on any atom is -0.457 e. The first kappa shape index (κ1) is 29.8.